The maximum Gasteiger partial charge on any atom is 0.131 e. The first kappa shape index (κ1) is 12.4. The fourth-order valence-corrected chi connectivity index (χ4v) is 2.25. The van der Waals surface area contributed by atoms with Crippen molar-refractivity contribution in [1.29, 1.82) is 0 Å². The SMILES string of the molecule is NCc1ccc(F)c(-c2c(Cl)cccc2Cl)c1. The first-order valence-electron chi connectivity index (χ1n) is 5.06. The molecule has 0 aromatic heterocycles. The molecule has 0 bridgehead atoms. The van der Waals surface area contributed by atoms with Crippen LogP contribution in [-0.2, 0) is 6.54 Å². The van der Waals surface area contributed by atoms with Crippen LogP contribution in [0.5, 0.6) is 0 Å². The molecule has 0 saturated heterocycles. The normalized spacial score (nSPS) is 10.6. The van der Waals surface area contributed by atoms with E-state index < -0.39 is 0 Å². The van der Waals surface area contributed by atoms with Crippen LogP contribution in [0, 0.1) is 5.82 Å². The summed E-state index contributed by atoms with van der Waals surface area (Å²) in [6.45, 7) is 0.343. The van der Waals surface area contributed by atoms with Crippen molar-refractivity contribution in [3.8, 4) is 11.1 Å². The Morgan fingerprint density at radius 1 is 1.06 bits per heavy atom. The summed E-state index contributed by atoms with van der Waals surface area (Å²) >= 11 is 12.1. The van der Waals surface area contributed by atoms with Gasteiger partial charge in [0.1, 0.15) is 5.82 Å². The molecule has 1 nitrogen and oxygen atoms in total. The van der Waals surface area contributed by atoms with E-state index in [1.165, 1.54) is 6.07 Å². The Hall–Kier alpha value is -1.09. The number of hydrogen-bond donors (Lipinski definition) is 1. The minimum Gasteiger partial charge on any atom is -0.326 e. The van der Waals surface area contributed by atoms with Crippen LogP contribution < -0.4 is 5.73 Å². The molecular weight excluding hydrogens is 260 g/mol. The second-order valence-corrected chi connectivity index (χ2v) is 4.43. The highest BCUT2D eigenvalue weighted by Crippen LogP contribution is 2.36. The van der Waals surface area contributed by atoms with E-state index in [9.17, 15) is 4.39 Å². The molecule has 17 heavy (non-hydrogen) atoms. The Morgan fingerprint density at radius 2 is 1.71 bits per heavy atom. The standard InChI is InChI=1S/C13H10Cl2FN/c14-10-2-1-3-11(15)13(10)9-6-8(7-17)4-5-12(9)16/h1-6H,7,17H2. The molecule has 2 N–H and O–H groups in total. The minimum absolute atomic E-state index is 0.343. The van der Waals surface area contributed by atoms with E-state index in [0.717, 1.165) is 5.56 Å². The number of benzene rings is 2. The highest BCUT2D eigenvalue weighted by atomic mass is 35.5. The van der Waals surface area contributed by atoms with Gasteiger partial charge >= 0.3 is 0 Å². The molecule has 2 aromatic carbocycles. The Labute approximate surface area is 109 Å². The number of halogens is 3. The zero-order valence-electron chi connectivity index (χ0n) is 8.88. The van der Waals surface area contributed by atoms with Gasteiger partial charge in [0.05, 0.1) is 0 Å². The molecule has 0 aliphatic carbocycles. The van der Waals surface area contributed by atoms with Crippen molar-refractivity contribution in [3.05, 3.63) is 57.8 Å². The molecule has 0 atom stereocenters. The van der Waals surface area contributed by atoms with Crippen LogP contribution in [0.15, 0.2) is 36.4 Å². The van der Waals surface area contributed by atoms with Gasteiger partial charge in [-0.15, -0.1) is 0 Å². The van der Waals surface area contributed by atoms with E-state index in [1.807, 2.05) is 0 Å². The molecule has 0 aliphatic rings. The van der Waals surface area contributed by atoms with Crippen LogP contribution in [0.1, 0.15) is 5.56 Å². The van der Waals surface area contributed by atoms with E-state index in [0.29, 0.717) is 27.7 Å². The summed E-state index contributed by atoms with van der Waals surface area (Å²) in [5, 5.41) is 0.844. The van der Waals surface area contributed by atoms with Gasteiger partial charge in [-0.3, -0.25) is 0 Å². The number of nitrogens with two attached hydrogens (primary N) is 1. The number of hydrogen-bond acceptors (Lipinski definition) is 1. The quantitative estimate of drug-likeness (QED) is 0.866. The van der Waals surface area contributed by atoms with Gasteiger partial charge in [-0.1, -0.05) is 35.3 Å². The summed E-state index contributed by atoms with van der Waals surface area (Å²) in [6.07, 6.45) is 0. The largest absolute Gasteiger partial charge is 0.326 e. The highest BCUT2D eigenvalue weighted by molar-refractivity contribution is 6.39. The molecule has 88 valence electrons. The van der Waals surface area contributed by atoms with Crippen molar-refractivity contribution in [2.45, 2.75) is 6.54 Å². The second kappa shape index (κ2) is 5.05. The summed E-state index contributed by atoms with van der Waals surface area (Å²) in [4.78, 5) is 0. The van der Waals surface area contributed by atoms with Crippen molar-refractivity contribution in [1.82, 2.24) is 0 Å². The molecule has 0 radical (unpaired) electrons. The highest BCUT2D eigenvalue weighted by Gasteiger charge is 2.12. The topological polar surface area (TPSA) is 26.0 Å². The molecule has 0 heterocycles. The average Bonchev–Trinajstić information content (AvgIpc) is 2.31. The smallest absolute Gasteiger partial charge is 0.131 e. The zero-order valence-corrected chi connectivity index (χ0v) is 10.4. The predicted molar refractivity (Wildman–Crippen MR) is 69.7 cm³/mol. The van der Waals surface area contributed by atoms with E-state index in [1.54, 1.807) is 30.3 Å². The summed E-state index contributed by atoms with van der Waals surface area (Å²) in [5.41, 5.74) is 7.25. The lowest BCUT2D eigenvalue weighted by Crippen LogP contribution is -1.97. The third-order valence-electron chi connectivity index (χ3n) is 2.50. The molecule has 0 aliphatic heterocycles. The molecule has 0 spiro atoms. The van der Waals surface area contributed by atoms with Crippen LogP contribution in [0.4, 0.5) is 4.39 Å². The van der Waals surface area contributed by atoms with Gasteiger partial charge in [0.25, 0.3) is 0 Å². The third kappa shape index (κ3) is 2.44. The van der Waals surface area contributed by atoms with Gasteiger partial charge < -0.3 is 5.73 Å². The summed E-state index contributed by atoms with van der Waals surface area (Å²) in [5.74, 6) is -0.364. The van der Waals surface area contributed by atoms with Gasteiger partial charge in [0, 0.05) is 27.7 Å². The lowest BCUT2D eigenvalue weighted by Gasteiger charge is -2.09. The molecule has 0 amide bonds. The van der Waals surface area contributed by atoms with Crippen molar-refractivity contribution in [2.24, 2.45) is 5.73 Å². The van der Waals surface area contributed by atoms with Crippen molar-refractivity contribution in [3.63, 3.8) is 0 Å². The van der Waals surface area contributed by atoms with Crippen molar-refractivity contribution in [2.75, 3.05) is 0 Å². The summed E-state index contributed by atoms with van der Waals surface area (Å²) in [6, 6.07) is 9.76. The monoisotopic (exact) mass is 269 g/mol. The lowest BCUT2D eigenvalue weighted by atomic mass is 10.0. The maximum atomic E-state index is 13.8. The Bertz CT molecular complexity index is 535. The molecule has 0 saturated carbocycles. The maximum absolute atomic E-state index is 13.8. The van der Waals surface area contributed by atoms with Crippen LogP contribution in [0.2, 0.25) is 10.0 Å². The molecule has 2 aromatic rings. The Balaban J connectivity index is 2.67. The molecule has 2 rings (SSSR count). The first-order valence-corrected chi connectivity index (χ1v) is 5.82. The van der Waals surface area contributed by atoms with E-state index in [-0.39, 0.29) is 5.82 Å². The van der Waals surface area contributed by atoms with Gasteiger partial charge in [-0.2, -0.15) is 0 Å². The van der Waals surface area contributed by atoms with Crippen molar-refractivity contribution < 1.29 is 4.39 Å². The third-order valence-corrected chi connectivity index (χ3v) is 3.13. The van der Waals surface area contributed by atoms with Crippen molar-refractivity contribution >= 4 is 23.2 Å². The minimum atomic E-state index is -0.364. The van der Waals surface area contributed by atoms with Gasteiger partial charge in [0.2, 0.25) is 0 Å². The molecule has 0 unspecified atom stereocenters. The van der Waals surface area contributed by atoms with Crippen LogP contribution in [-0.4, -0.2) is 0 Å². The Morgan fingerprint density at radius 3 is 2.29 bits per heavy atom. The average molecular weight is 270 g/mol. The van der Waals surface area contributed by atoms with Crippen LogP contribution in [0.3, 0.4) is 0 Å². The zero-order chi connectivity index (χ0) is 12.4. The predicted octanol–water partition coefficient (Wildman–Crippen LogP) is 4.26. The Kier molecular flexibility index (Phi) is 3.67. The van der Waals surface area contributed by atoms with E-state index in [4.69, 9.17) is 28.9 Å². The summed E-state index contributed by atoms with van der Waals surface area (Å²) < 4.78 is 13.8. The molecule has 0 fully saturated rings. The van der Waals surface area contributed by atoms with Crippen LogP contribution in [0.25, 0.3) is 11.1 Å². The fourth-order valence-electron chi connectivity index (χ4n) is 1.65. The lowest BCUT2D eigenvalue weighted by molar-refractivity contribution is 0.630. The van der Waals surface area contributed by atoms with Gasteiger partial charge in [-0.05, 0) is 29.8 Å². The first-order chi connectivity index (χ1) is 8.13. The molecule has 4 heteroatoms. The van der Waals surface area contributed by atoms with E-state index in [2.05, 4.69) is 0 Å². The van der Waals surface area contributed by atoms with Crippen LogP contribution >= 0.6 is 23.2 Å². The molecular formula is C13H10Cl2FN. The van der Waals surface area contributed by atoms with E-state index >= 15 is 0 Å². The number of rotatable bonds is 2. The second-order valence-electron chi connectivity index (χ2n) is 3.61. The van der Waals surface area contributed by atoms with Gasteiger partial charge in [0.15, 0.2) is 0 Å². The summed E-state index contributed by atoms with van der Waals surface area (Å²) in [7, 11) is 0. The van der Waals surface area contributed by atoms with Gasteiger partial charge in [-0.25, -0.2) is 4.39 Å². The fraction of sp³-hybridized carbons (Fsp3) is 0.0769.